The Morgan fingerprint density at radius 3 is 2.58 bits per heavy atom. The smallest absolute Gasteiger partial charge is 0.330 e. The summed E-state index contributed by atoms with van der Waals surface area (Å²) in [4.78, 5) is 54.0. The molecule has 0 atom stereocenters. The molecule has 1 aromatic heterocycles. The van der Waals surface area contributed by atoms with Gasteiger partial charge in [-0.2, -0.15) is 0 Å². The number of nitrogens with one attached hydrogen (secondary N) is 2. The first-order valence-electron chi connectivity index (χ1n) is 11.0. The van der Waals surface area contributed by atoms with Crippen LogP contribution in [-0.4, -0.2) is 41.6 Å². The van der Waals surface area contributed by atoms with E-state index in [0.717, 1.165) is 6.42 Å². The number of unbranched alkanes of at least 4 members (excludes halogenated alkanes) is 1. The zero-order chi connectivity index (χ0) is 24.5. The number of rotatable bonds is 11. The average Bonchev–Trinajstić information content (AvgIpc) is 2.78. The van der Waals surface area contributed by atoms with Crippen LogP contribution in [0.15, 0.2) is 33.9 Å². The second-order valence-corrected chi connectivity index (χ2v) is 8.10. The molecule has 33 heavy (non-hydrogen) atoms. The molecule has 0 bridgehead atoms. The average molecular weight is 460 g/mol. The van der Waals surface area contributed by atoms with E-state index in [2.05, 4.69) is 10.3 Å². The van der Waals surface area contributed by atoms with Crippen LogP contribution in [0.25, 0.3) is 0 Å². The van der Waals surface area contributed by atoms with Crippen LogP contribution in [0.2, 0.25) is 0 Å². The normalized spacial score (nSPS) is 10.8. The van der Waals surface area contributed by atoms with Crippen LogP contribution in [-0.2, 0) is 11.3 Å². The molecule has 10 nitrogen and oxygen atoms in total. The van der Waals surface area contributed by atoms with E-state index in [1.807, 2.05) is 20.8 Å². The van der Waals surface area contributed by atoms with Gasteiger partial charge in [0.2, 0.25) is 5.91 Å². The van der Waals surface area contributed by atoms with Gasteiger partial charge < -0.3 is 20.7 Å². The molecule has 180 valence electrons. The van der Waals surface area contributed by atoms with Crippen molar-refractivity contribution in [2.75, 3.05) is 30.8 Å². The number of amides is 2. The van der Waals surface area contributed by atoms with Gasteiger partial charge in [-0.1, -0.05) is 39.3 Å². The van der Waals surface area contributed by atoms with Gasteiger partial charge in [0, 0.05) is 26.1 Å². The first-order chi connectivity index (χ1) is 15.7. The van der Waals surface area contributed by atoms with Crippen molar-refractivity contribution in [1.82, 2.24) is 14.9 Å². The van der Waals surface area contributed by atoms with Crippen molar-refractivity contribution < 1.29 is 14.3 Å². The summed E-state index contributed by atoms with van der Waals surface area (Å²) in [6.45, 7) is 6.43. The van der Waals surface area contributed by atoms with Gasteiger partial charge in [-0.15, -0.1) is 0 Å². The number of nitrogen functional groups attached to an aromatic ring is 1. The molecule has 10 heteroatoms. The number of hydrogen-bond acceptors (Lipinski definition) is 6. The van der Waals surface area contributed by atoms with E-state index in [0.29, 0.717) is 24.3 Å². The number of nitrogens with zero attached hydrogens (tertiary/aromatic N) is 2. The molecular formula is C23H33N5O5. The summed E-state index contributed by atoms with van der Waals surface area (Å²) in [5, 5.41) is 2.70. The van der Waals surface area contributed by atoms with Gasteiger partial charge in [0.25, 0.3) is 11.5 Å². The van der Waals surface area contributed by atoms with Gasteiger partial charge in [-0.05, 0) is 24.5 Å². The monoisotopic (exact) mass is 459 g/mol. The van der Waals surface area contributed by atoms with Crippen molar-refractivity contribution in [1.29, 1.82) is 0 Å². The van der Waals surface area contributed by atoms with E-state index < -0.39 is 11.2 Å². The van der Waals surface area contributed by atoms with Crippen molar-refractivity contribution in [2.24, 2.45) is 5.92 Å². The fourth-order valence-corrected chi connectivity index (χ4v) is 3.41. The third kappa shape index (κ3) is 6.47. The Bertz CT molecular complexity index is 1090. The predicted molar refractivity (Wildman–Crippen MR) is 128 cm³/mol. The quantitative estimate of drug-likeness (QED) is 0.468. The summed E-state index contributed by atoms with van der Waals surface area (Å²) in [6.07, 6.45) is 1.38. The number of ether oxygens (including phenoxy) is 1. The number of anilines is 2. The van der Waals surface area contributed by atoms with Gasteiger partial charge in [-0.3, -0.25) is 23.9 Å². The Labute approximate surface area is 192 Å². The molecule has 0 aliphatic heterocycles. The third-order valence-electron chi connectivity index (χ3n) is 5.04. The Morgan fingerprint density at radius 1 is 1.24 bits per heavy atom. The predicted octanol–water partition coefficient (Wildman–Crippen LogP) is 1.74. The van der Waals surface area contributed by atoms with Crippen LogP contribution in [0, 0.1) is 5.92 Å². The molecule has 0 aliphatic rings. The van der Waals surface area contributed by atoms with E-state index in [4.69, 9.17) is 10.5 Å². The second-order valence-electron chi connectivity index (χ2n) is 8.10. The molecule has 0 radical (unpaired) electrons. The number of benzene rings is 1. The first kappa shape index (κ1) is 25.7. The molecule has 4 N–H and O–H groups in total. The maximum atomic E-state index is 13.1. The minimum atomic E-state index is -0.708. The lowest BCUT2D eigenvalue weighted by Gasteiger charge is -2.25. The highest BCUT2D eigenvalue weighted by Gasteiger charge is 2.24. The highest BCUT2D eigenvalue weighted by atomic mass is 16.5. The Morgan fingerprint density at radius 2 is 1.94 bits per heavy atom. The molecule has 2 aromatic rings. The topological polar surface area (TPSA) is 140 Å². The number of carbonyl (C=O) groups is 2. The maximum absolute atomic E-state index is 13.1. The SMILES string of the molecule is CCCCN(C(=O)CCNC(=O)c1ccccc1OC)c1c(N)n(CC(C)C)c(=O)[nH]c1=O. The zero-order valence-electron chi connectivity index (χ0n) is 19.6. The van der Waals surface area contributed by atoms with Gasteiger partial charge in [0.15, 0.2) is 5.69 Å². The molecule has 2 rings (SSSR count). The van der Waals surface area contributed by atoms with Gasteiger partial charge in [0.05, 0.1) is 12.7 Å². The van der Waals surface area contributed by atoms with E-state index in [9.17, 15) is 19.2 Å². The lowest BCUT2D eigenvalue weighted by atomic mass is 10.2. The standard InChI is InChI=1S/C23H33N5O5/c1-5-6-13-27(19-20(24)28(14-15(2)3)23(32)26-22(19)31)18(29)11-12-25-21(30)16-9-7-8-10-17(16)33-4/h7-10,15H,5-6,11-14,24H2,1-4H3,(H,25,30)(H,26,31,32). The fraction of sp³-hybridized carbons (Fsp3) is 0.478. The van der Waals surface area contributed by atoms with Gasteiger partial charge >= 0.3 is 5.69 Å². The molecule has 0 fully saturated rings. The van der Waals surface area contributed by atoms with Crippen LogP contribution >= 0.6 is 0 Å². The molecule has 0 aliphatic carbocycles. The fourth-order valence-electron chi connectivity index (χ4n) is 3.41. The maximum Gasteiger partial charge on any atom is 0.330 e. The molecule has 0 unspecified atom stereocenters. The summed E-state index contributed by atoms with van der Waals surface area (Å²) < 4.78 is 6.47. The van der Waals surface area contributed by atoms with Crippen molar-refractivity contribution in [3.05, 3.63) is 50.7 Å². The van der Waals surface area contributed by atoms with Crippen molar-refractivity contribution in [3.8, 4) is 5.75 Å². The summed E-state index contributed by atoms with van der Waals surface area (Å²) in [6, 6.07) is 6.77. The van der Waals surface area contributed by atoms with Crippen LogP contribution < -0.4 is 31.9 Å². The molecule has 1 heterocycles. The van der Waals surface area contributed by atoms with Crippen LogP contribution in [0.4, 0.5) is 11.5 Å². The second kappa shape index (κ2) is 11.9. The number of para-hydroxylation sites is 1. The van der Waals surface area contributed by atoms with Gasteiger partial charge in [-0.25, -0.2) is 4.79 Å². The number of hydrogen-bond donors (Lipinski definition) is 3. The number of nitrogens with two attached hydrogens (primary N) is 1. The minimum absolute atomic E-state index is 0.0373. The summed E-state index contributed by atoms with van der Waals surface area (Å²) in [5.74, 6) is -0.259. The van der Waals surface area contributed by atoms with E-state index >= 15 is 0 Å². The van der Waals surface area contributed by atoms with E-state index in [1.54, 1.807) is 24.3 Å². The highest BCUT2D eigenvalue weighted by molar-refractivity contribution is 5.98. The number of aromatic nitrogens is 2. The Balaban J connectivity index is 2.23. The van der Waals surface area contributed by atoms with E-state index in [-0.39, 0.29) is 48.7 Å². The molecule has 1 aromatic carbocycles. The first-order valence-corrected chi connectivity index (χ1v) is 11.0. The third-order valence-corrected chi connectivity index (χ3v) is 5.04. The Kier molecular flexibility index (Phi) is 9.26. The van der Waals surface area contributed by atoms with Crippen molar-refractivity contribution >= 4 is 23.3 Å². The van der Waals surface area contributed by atoms with Crippen LogP contribution in [0.3, 0.4) is 0 Å². The zero-order valence-corrected chi connectivity index (χ0v) is 19.6. The summed E-state index contributed by atoms with van der Waals surface area (Å²) in [7, 11) is 1.47. The lowest BCUT2D eigenvalue weighted by Crippen LogP contribution is -2.42. The molecule has 0 spiro atoms. The number of H-pyrrole nitrogens is 1. The Hall–Kier alpha value is -3.56. The highest BCUT2D eigenvalue weighted by Crippen LogP contribution is 2.20. The summed E-state index contributed by atoms with van der Waals surface area (Å²) >= 11 is 0. The van der Waals surface area contributed by atoms with Crippen molar-refractivity contribution in [3.63, 3.8) is 0 Å². The van der Waals surface area contributed by atoms with Crippen molar-refractivity contribution in [2.45, 2.75) is 46.6 Å². The number of aromatic amines is 1. The number of methoxy groups -OCH3 is 1. The molecule has 0 saturated carbocycles. The lowest BCUT2D eigenvalue weighted by molar-refractivity contribution is -0.118. The largest absolute Gasteiger partial charge is 0.496 e. The molecule has 2 amide bonds. The van der Waals surface area contributed by atoms with Crippen LogP contribution in [0.1, 0.15) is 50.4 Å². The molecule has 0 saturated heterocycles. The molecular weight excluding hydrogens is 426 g/mol. The summed E-state index contributed by atoms with van der Waals surface area (Å²) in [5.41, 5.74) is 5.20. The number of carbonyl (C=O) groups excluding carboxylic acids is 2. The van der Waals surface area contributed by atoms with Gasteiger partial charge in [0.1, 0.15) is 11.6 Å². The minimum Gasteiger partial charge on any atom is -0.496 e. The van der Waals surface area contributed by atoms with Crippen LogP contribution in [0.5, 0.6) is 5.75 Å². The van der Waals surface area contributed by atoms with E-state index in [1.165, 1.54) is 16.6 Å².